The van der Waals surface area contributed by atoms with Crippen molar-refractivity contribution in [2.75, 3.05) is 6.54 Å². The number of amides is 1. The van der Waals surface area contributed by atoms with E-state index in [0.717, 1.165) is 5.56 Å². The molecule has 10 nitrogen and oxygen atoms in total. The lowest BCUT2D eigenvalue weighted by Gasteiger charge is -2.27. The Labute approximate surface area is 195 Å². The van der Waals surface area contributed by atoms with Crippen molar-refractivity contribution in [2.45, 2.75) is 76.5 Å². The smallest absolute Gasteiger partial charge is 0.408 e. The highest BCUT2D eigenvalue weighted by Crippen LogP contribution is 2.45. The van der Waals surface area contributed by atoms with E-state index in [0.29, 0.717) is 0 Å². The van der Waals surface area contributed by atoms with Crippen LogP contribution in [0.1, 0.15) is 53.5 Å². The standard InChI is InChI=1S/C22H34N4O6S/c1-14-8-10-16(11-9-14)33(29,30)26-18(23)24-13-15-12-22(15,17(27)31-20(2,3)4)25-19(28)32-21(5,6)7/h8-11,15H,12-13H2,1-7H3,(H,25,28)(H3,23,24,26)/t15-,22-/m0/s1. The summed E-state index contributed by atoms with van der Waals surface area (Å²) in [6.07, 6.45) is -0.504. The molecule has 33 heavy (non-hydrogen) atoms. The molecule has 0 saturated heterocycles. The van der Waals surface area contributed by atoms with Crippen LogP contribution in [-0.2, 0) is 24.3 Å². The molecule has 0 unspecified atom stereocenters. The Hall–Kier alpha value is -2.82. The molecule has 1 aromatic carbocycles. The maximum atomic E-state index is 12.9. The van der Waals surface area contributed by atoms with Gasteiger partial charge in [-0.1, -0.05) is 17.7 Å². The summed E-state index contributed by atoms with van der Waals surface area (Å²) < 4.78 is 37.9. The van der Waals surface area contributed by atoms with E-state index in [2.05, 4.69) is 15.0 Å². The lowest BCUT2D eigenvalue weighted by Crippen LogP contribution is -2.49. The van der Waals surface area contributed by atoms with Gasteiger partial charge in [-0.05, 0) is 67.0 Å². The quantitative estimate of drug-likeness (QED) is 0.320. The largest absolute Gasteiger partial charge is 0.458 e. The Balaban J connectivity index is 2.12. The second-order valence-corrected chi connectivity index (χ2v) is 11.8. The van der Waals surface area contributed by atoms with E-state index >= 15 is 0 Å². The van der Waals surface area contributed by atoms with Crippen LogP contribution < -0.4 is 15.8 Å². The molecule has 0 bridgehead atoms. The van der Waals surface area contributed by atoms with Gasteiger partial charge in [-0.25, -0.2) is 22.7 Å². The van der Waals surface area contributed by atoms with Gasteiger partial charge in [0.25, 0.3) is 10.0 Å². The summed E-state index contributed by atoms with van der Waals surface area (Å²) in [4.78, 5) is 29.3. The van der Waals surface area contributed by atoms with Gasteiger partial charge in [-0.15, -0.1) is 0 Å². The Morgan fingerprint density at radius 1 is 1.09 bits per heavy atom. The zero-order valence-corrected chi connectivity index (χ0v) is 21.0. The van der Waals surface area contributed by atoms with Crippen molar-refractivity contribution >= 4 is 28.0 Å². The van der Waals surface area contributed by atoms with Gasteiger partial charge in [-0.3, -0.25) is 4.99 Å². The molecule has 2 rings (SSSR count). The fourth-order valence-electron chi connectivity index (χ4n) is 3.01. The Bertz CT molecular complexity index is 1020. The Kier molecular flexibility index (Phi) is 7.37. The predicted molar refractivity (Wildman–Crippen MR) is 124 cm³/mol. The number of aryl methyl sites for hydroxylation is 1. The lowest BCUT2D eigenvalue weighted by atomic mass is 10.1. The van der Waals surface area contributed by atoms with Crippen molar-refractivity contribution in [3.05, 3.63) is 29.8 Å². The van der Waals surface area contributed by atoms with Gasteiger partial charge in [0.1, 0.15) is 16.7 Å². The Morgan fingerprint density at radius 2 is 1.64 bits per heavy atom. The topological polar surface area (TPSA) is 149 Å². The number of aliphatic imine (C=N–C) groups is 1. The summed E-state index contributed by atoms with van der Waals surface area (Å²) >= 11 is 0. The van der Waals surface area contributed by atoms with Crippen molar-refractivity contribution in [1.29, 1.82) is 0 Å². The maximum absolute atomic E-state index is 12.9. The maximum Gasteiger partial charge on any atom is 0.408 e. The number of carbonyl (C=O) groups excluding carboxylic acids is 2. The van der Waals surface area contributed by atoms with E-state index < -0.39 is 44.7 Å². The van der Waals surface area contributed by atoms with E-state index in [1.54, 1.807) is 53.7 Å². The molecule has 4 N–H and O–H groups in total. The van der Waals surface area contributed by atoms with E-state index in [9.17, 15) is 18.0 Å². The number of hydrogen-bond acceptors (Lipinski definition) is 7. The summed E-state index contributed by atoms with van der Waals surface area (Å²) in [5.74, 6) is -1.38. The molecule has 0 aromatic heterocycles. The summed E-state index contributed by atoms with van der Waals surface area (Å²) in [6, 6.07) is 6.27. The van der Waals surface area contributed by atoms with Crippen molar-refractivity contribution < 1.29 is 27.5 Å². The predicted octanol–water partition coefficient (Wildman–Crippen LogP) is 2.21. The number of nitrogens with two attached hydrogens (primary N) is 1. The molecule has 2 atom stereocenters. The van der Waals surface area contributed by atoms with Gasteiger partial charge in [0, 0.05) is 12.5 Å². The molecule has 1 amide bonds. The van der Waals surface area contributed by atoms with Crippen molar-refractivity contribution in [3.8, 4) is 0 Å². The number of nitrogens with one attached hydrogen (secondary N) is 2. The summed E-state index contributed by atoms with van der Waals surface area (Å²) in [6.45, 7) is 12.1. The van der Waals surface area contributed by atoms with Crippen LogP contribution in [0.25, 0.3) is 0 Å². The van der Waals surface area contributed by atoms with Gasteiger partial charge in [0.2, 0.25) is 5.96 Å². The van der Waals surface area contributed by atoms with E-state index in [1.165, 1.54) is 12.1 Å². The van der Waals surface area contributed by atoms with Gasteiger partial charge in [0.05, 0.1) is 4.90 Å². The first-order chi connectivity index (χ1) is 14.9. The minimum Gasteiger partial charge on any atom is -0.458 e. The van der Waals surface area contributed by atoms with Crippen LogP contribution >= 0.6 is 0 Å². The van der Waals surface area contributed by atoms with Gasteiger partial charge in [0.15, 0.2) is 0 Å². The molecule has 1 aliphatic carbocycles. The van der Waals surface area contributed by atoms with Crippen LogP contribution in [-0.4, -0.2) is 49.7 Å². The SMILES string of the molecule is Cc1ccc(S(=O)(=O)NC(N)=NC[C@@H]2C[C@@]2(NC(=O)OC(C)(C)C)C(=O)OC(C)(C)C)cc1. The number of benzene rings is 1. The minimum absolute atomic E-state index is 0.00269. The van der Waals surface area contributed by atoms with Crippen molar-refractivity contribution in [3.63, 3.8) is 0 Å². The molecule has 1 aromatic rings. The summed E-state index contributed by atoms with van der Waals surface area (Å²) in [5.41, 5.74) is 3.86. The monoisotopic (exact) mass is 482 g/mol. The van der Waals surface area contributed by atoms with Gasteiger partial charge < -0.3 is 20.5 Å². The van der Waals surface area contributed by atoms with Crippen LogP contribution in [0.2, 0.25) is 0 Å². The average Bonchev–Trinajstić information content (AvgIpc) is 3.31. The van der Waals surface area contributed by atoms with Crippen LogP contribution in [0.5, 0.6) is 0 Å². The highest BCUT2D eigenvalue weighted by molar-refractivity contribution is 7.90. The second kappa shape index (κ2) is 9.20. The average molecular weight is 483 g/mol. The summed E-state index contributed by atoms with van der Waals surface area (Å²) in [5, 5.41) is 2.62. The number of sulfonamides is 1. The number of rotatable bonds is 6. The molecule has 0 heterocycles. The van der Waals surface area contributed by atoms with Gasteiger partial charge >= 0.3 is 12.1 Å². The fraction of sp³-hybridized carbons (Fsp3) is 0.591. The lowest BCUT2D eigenvalue weighted by molar-refractivity contribution is -0.159. The number of nitrogens with zero attached hydrogens (tertiary/aromatic N) is 1. The first kappa shape index (κ1) is 26.4. The van der Waals surface area contributed by atoms with Crippen LogP contribution in [0.15, 0.2) is 34.2 Å². The molecular formula is C22H34N4O6S. The third-order valence-electron chi connectivity index (χ3n) is 4.64. The number of carbonyl (C=O) groups is 2. The molecule has 0 aliphatic heterocycles. The number of ether oxygens (including phenoxy) is 2. The number of esters is 1. The van der Waals surface area contributed by atoms with Crippen LogP contribution in [0.3, 0.4) is 0 Å². The van der Waals surface area contributed by atoms with Gasteiger partial charge in [-0.2, -0.15) is 0 Å². The minimum atomic E-state index is -3.90. The normalized spacial score (nSPS) is 21.2. The highest BCUT2D eigenvalue weighted by Gasteiger charge is 2.63. The van der Waals surface area contributed by atoms with Crippen molar-refractivity contribution in [1.82, 2.24) is 10.0 Å². The number of alkyl carbamates (subject to hydrolysis) is 1. The molecule has 1 fully saturated rings. The highest BCUT2D eigenvalue weighted by atomic mass is 32.2. The second-order valence-electron chi connectivity index (χ2n) is 10.1. The molecular weight excluding hydrogens is 448 g/mol. The zero-order chi connectivity index (χ0) is 25.2. The molecule has 184 valence electrons. The molecule has 11 heteroatoms. The Morgan fingerprint density at radius 3 is 2.15 bits per heavy atom. The van der Waals surface area contributed by atoms with Crippen LogP contribution in [0, 0.1) is 12.8 Å². The van der Waals surface area contributed by atoms with E-state index in [1.807, 2.05) is 6.92 Å². The molecule has 0 spiro atoms. The first-order valence-electron chi connectivity index (χ1n) is 10.6. The summed E-state index contributed by atoms with van der Waals surface area (Å²) in [7, 11) is -3.90. The van der Waals surface area contributed by atoms with E-state index in [-0.39, 0.29) is 23.8 Å². The number of hydrogen-bond donors (Lipinski definition) is 3. The fourth-order valence-corrected chi connectivity index (χ4v) is 3.97. The van der Waals surface area contributed by atoms with E-state index in [4.69, 9.17) is 15.2 Å². The molecule has 1 aliphatic rings. The van der Waals surface area contributed by atoms with Crippen LogP contribution in [0.4, 0.5) is 4.79 Å². The zero-order valence-electron chi connectivity index (χ0n) is 20.2. The third-order valence-corrected chi connectivity index (χ3v) is 6.02. The first-order valence-corrected chi connectivity index (χ1v) is 12.1. The molecule has 1 saturated carbocycles. The number of guanidine groups is 1. The van der Waals surface area contributed by atoms with Crippen molar-refractivity contribution in [2.24, 2.45) is 16.6 Å². The third kappa shape index (κ3) is 7.62. The molecule has 0 radical (unpaired) electrons.